The van der Waals surface area contributed by atoms with Crippen molar-refractivity contribution in [3.63, 3.8) is 0 Å². The van der Waals surface area contributed by atoms with E-state index in [4.69, 9.17) is 11.6 Å². The van der Waals surface area contributed by atoms with Gasteiger partial charge in [0.1, 0.15) is 6.20 Å². The summed E-state index contributed by atoms with van der Waals surface area (Å²) in [6.45, 7) is 1.39. The molecular formula is C9H7ClF2N2O4. The third kappa shape index (κ3) is 2.70. The highest BCUT2D eigenvalue weighted by Crippen LogP contribution is 2.33. The molecule has 0 bridgehead atoms. The molecule has 0 unspecified atom stereocenters. The average molecular weight is 281 g/mol. The van der Waals surface area contributed by atoms with Crippen LogP contribution >= 0.6 is 11.6 Å². The maximum absolute atomic E-state index is 12.7. The van der Waals surface area contributed by atoms with E-state index in [9.17, 15) is 23.7 Å². The van der Waals surface area contributed by atoms with Gasteiger partial charge < -0.3 is 14.9 Å². The number of esters is 1. The molecule has 0 aliphatic heterocycles. The van der Waals surface area contributed by atoms with Gasteiger partial charge in [0.15, 0.2) is 5.02 Å². The molecule has 98 valence electrons. The summed E-state index contributed by atoms with van der Waals surface area (Å²) in [5.41, 5.74) is -1.53. The minimum absolute atomic E-state index is 0.0754. The SMILES string of the molecule is CCOC(=O)c1c(C(F)F)cnc([N+](=O)[O-])c1Cl. The molecule has 0 aromatic carbocycles. The van der Waals surface area contributed by atoms with Crippen molar-refractivity contribution in [2.45, 2.75) is 13.3 Å². The smallest absolute Gasteiger partial charge is 0.383 e. The normalized spacial score (nSPS) is 10.5. The van der Waals surface area contributed by atoms with Gasteiger partial charge in [-0.25, -0.2) is 13.6 Å². The summed E-state index contributed by atoms with van der Waals surface area (Å²) < 4.78 is 29.9. The number of nitrogens with zero attached hydrogens (tertiary/aromatic N) is 2. The van der Waals surface area contributed by atoms with Gasteiger partial charge in [-0.15, -0.1) is 0 Å². The molecule has 0 amide bonds. The van der Waals surface area contributed by atoms with E-state index in [2.05, 4.69) is 9.72 Å². The van der Waals surface area contributed by atoms with E-state index in [0.29, 0.717) is 6.20 Å². The number of hydrogen-bond donors (Lipinski definition) is 0. The molecule has 0 radical (unpaired) electrons. The second-order valence-electron chi connectivity index (χ2n) is 3.00. The maximum atomic E-state index is 12.7. The molecule has 6 nitrogen and oxygen atoms in total. The number of aromatic nitrogens is 1. The number of pyridine rings is 1. The highest BCUT2D eigenvalue weighted by Gasteiger charge is 2.30. The average Bonchev–Trinajstić information content (AvgIpc) is 2.27. The first kappa shape index (κ1) is 14.2. The Labute approximate surface area is 105 Å². The number of ether oxygens (including phenoxy) is 1. The lowest BCUT2D eigenvalue weighted by Crippen LogP contribution is -2.11. The van der Waals surface area contributed by atoms with Crippen molar-refractivity contribution in [1.29, 1.82) is 0 Å². The Balaban J connectivity index is 3.45. The second-order valence-corrected chi connectivity index (χ2v) is 3.38. The molecule has 0 saturated heterocycles. The zero-order chi connectivity index (χ0) is 13.9. The van der Waals surface area contributed by atoms with Crippen molar-refractivity contribution in [1.82, 2.24) is 4.98 Å². The van der Waals surface area contributed by atoms with Gasteiger partial charge in [-0.3, -0.25) is 0 Å². The molecule has 0 spiro atoms. The Morgan fingerprint density at radius 3 is 2.72 bits per heavy atom. The van der Waals surface area contributed by atoms with Gasteiger partial charge in [0.25, 0.3) is 6.43 Å². The Kier molecular flexibility index (Phi) is 4.49. The lowest BCUT2D eigenvalue weighted by Gasteiger charge is -2.08. The van der Waals surface area contributed by atoms with E-state index < -0.39 is 39.3 Å². The van der Waals surface area contributed by atoms with Crippen LogP contribution in [-0.4, -0.2) is 22.5 Å². The van der Waals surface area contributed by atoms with Crippen LogP contribution in [-0.2, 0) is 4.74 Å². The van der Waals surface area contributed by atoms with Crippen LogP contribution in [0.1, 0.15) is 29.3 Å². The predicted molar refractivity (Wildman–Crippen MR) is 56.8 cm³/mol. The van der Waals surface area contributed by atoms with Crippen LogP contribution < -0.4 is 0 Å². The molecule has 0 atom stereocenters. The van der Waals surface area contributed by atoms with Gasteiger partial charge >= 0.3 is 11.8 Å². The van der Waals surface area contributed by atoms with E-state index in [-0.39, 0.29) is 6.61 Å². The highest BCUT2D eigenvalue weighted by molar-refractivity contribution is 6.35. The lowest BCUT2D eigenvalue weighted by molar-refractivity contribution is -0.389. The summed E-state index contributed by atoms with van der Waals surface area (Å²) in [5, 5.41) is 9.80. The molecule has 18 heavy (non-hydrogen) atoms. The van der Waals surface area contributed by atoms with Crippen molar-refractivity contribution < 1.29 is 23.2 Å². The van der Waals surface area contributed by atoms with Crippen LogP contribution in [0, 0.1) is 10.1 Å². The molecule has 0 saturated carbocycles. The van der Waals surface area contributed by atoms with Gasteiger partial charge in [-0.2, -0.15) is 0 Å². The molecule has 0 fully saturated rings. The molecule has 9 heteroatoms. The van der Waals surface area contributed by atoms with Crippen LogP contribution in [0.25, 0.3) is 0 Å². The molecule has 1 heterocycles. The number of hydrogen-bond acceptors (Lipinski definition) is 5. The molecule has 1 aromatic rings. The van der Waals surface area contributed by atoms with Gasteiger partial charge in [-0.1, -0.05) is 11.6 Å². The lowest BCUT2D eigenvalue weighted by atomic mass is 10.1. The zero-order valence-corrected chi connectivity index (χ0v) is 9.78. The fraction of sp³-hybridized carbons (Fsp3) is 0.333. The maximum Gasteiger partial charge on any atom is 0.383 e. The monoisotopic (exact) mass is 280 g/mol. The first-order valence-electron chi connectivity index (χ1n) is 4.68. The second kappa shape index (κ2) is 5.67. The fourth-order valence-corrected chi connectivity index (χ4v) is 1.50. The number of nitro groups is 1. The van der Waals surface area contributed by atoms with Crippen LogP contribution in [0.15, 0.2) is 6.20 Å². The van der Waals surface area contributed by atoms with Gasteiger partial charge in [0.05, 0.1) is 17.7 Å². The minimum atomic E-state index is -3.05. The summed E-state index contributed by atoms with van der Waals surface area (Å²) in [5.74, 6) is -2.02. The van der Waals surface area contributed by atoms with Gasteiger partial charge in [0.2, 0.25) is 0 Å². The number of rotatable bonds is 4. The van der Waals surface area contributed by atoms with Crippen LogP contribution in [0.3, 0.4) is 0 Å². The van der Waals surface area contributed by atoms with E-state index in [1.54, 1.807) is 0 Å². The third-order valence-corrected chi connectivity index (χ3v) is 2.28. The number of halogens is 3. The Morgan fingerprint density at radius 2 is 2.28 bits per heavy atom. The van der Waals surface area contributed by atoms with Crippen molar-refractivity contribution >= 4 is 23.4 Å². The molecule has 1 aromatic heterocycles. The summed E-state index contributed by atoms with van der Waals surface area (Å²) in [6.07, 6.45) is -2.50. The van der Waals surface area contributed by atoms with Crippen molar-refractivity contribution in [2.24, 2.45) is 0 Å². The molecule has 0 aliphatic rings. The molecular weight excluding hydrogens is 274 g/mol. The molecule has 0 aliphatic carbocycles. The van der Waals surface area contributed by atoms with Crippen LogP contribution in [0.2, 0.25) is 5.02 Å². The minimum Gasteiger partial charge on any atom is -0.462 e. The predicted octanol–water partition coefficient (Wildman–Crippen LogP) is 2.76. The summed E-state index contributed by atoms with van der Waals surface area (Å²) >= 11 is 5.55. The van der Waals surface area contributed by atoms with E-state index >= 15 is 0 Å². The van der Waals surface area contributed by atoms with E-state index in [0.717, 1.165) is 0 Å². The van der Waals surface area contributed by atoms with Crippen LogP contribution in [0.4, 0.5) is 14.6 Å². The Morgan fingerprint density at radius 1 is 1.67 bits per heavy atom. The van der Waals surface area contributed by atoms with Crippen molar-refractivity contribution in [2.75, 3.05) is 6.61 Å². The summed E-state index contributed by atoms with van der Waals surface area (Å²) in [4.78, 5) is 24.2. The van der Waals surface area contributed by atoms with Gasteiger partial charge in [0, 0.05) is 0 Å². The fourth-order valence-electron chi connectivity index (χ4n) is 1.19. The van der Waals surface area contributed by atoms with Crippen LogP contribution in [0.5, 0.6) is 0 Å². The number of alkyl halides is 2. The van der Waals surface area contributed by atoms with Crippen molar-refractivity contribution in [3.8, 4) is 0 Å². The Bertz CT molecular complexity index is 496. The molecule has 0 N–H and O–H groups in total. The van der Waals surface area contributed by atoms with Gasteiger partial charge in [-0.05, 0) is 16.8 Å². The first-order chi connectivity index (χ1) is 8.40. The first-order valence-corrected chi connectivity index (χ1v) is 5.06. The number of carbonyl (C=O) groups excluding carboxylic acids is 1. The van der Waals surface area contributed by atoms with Crippen molar-refractivity contribution in [3.05, 3.63) is 32.5 Å². The highest BCUT2D eigenvalue weighted by atomic mass is 35.5. The summed E-state index contributed by atoms with van der Waals surface area (Å²) in [6, 6.07) is 0. The summed E-state index contributed by atoms with van der Waals surface area (Å²) in [7, 11) is 0. The topological polar surface area (TPSA) is 82.3 Å². The molecule has 1 rings (SSSR count). The quantitative estimate of drug-likeness (QED) is 0.481. The standard InChI is InChI=1S/C9H7ClF2N2O4/c1-2-18-9(15)5-4(7(11)12)3-13-8(6(5)10)14(16)17/h3,7H,2H2,1H3. The zero-order valence-electron chi connectivity index (χ0n) is 9.02. The number of carbonyl (C=O) groups is 1. The largest absolute Gasteiger partial charge is 0.462 e. The Hall–Kier alpha value is -1.83. The van der Waals surface area contributed by atoms with E-state index in [1.165, 1.54) is 6.92 Å². The third-order valence-electron chi connectivity index (χ3n) is 1.92. The van der Waals surface area contributed by atoms with E-state index in [1.807, 2.05) is 0 Å².